The first-order chi connectivity index (χ1) is 5.77. The zero-order valence-corrected chi connectivity index (χ0v) is 9.60. The summed E-state index contributed by atoms with van der Waals surface area (Å²) in [4.78, 5) is 0. The molecule has 0 N–H and O–H groups in total. The average molecular weight is 182 g/mol. The highest BCUT2D eigenvalue weighted by molar-refractivity contribution is 6.83. The molecular formula is C11H22Si. The third-order valence-corrected chi connectivity index (χ3v) is 7.02. The summed E-state index contributed by atoms with van der Waals surface area (Å²) in [5.74, 6) is 0. The number of allylic oxidation sites excluding steroid dienone is 1. The highest BCUT2D eigenvalue weighted by Gasteiger charge is 2.27. The van der Waals surface area contributed by atoms with Gasteiger partial charge in [-0.25, -0.2) is 0 Å². The molecular weight excluding hydrogens is 160 g/mol. The molecule has 1 aliphatic heterocycles. The van der Waals surface area contributed by atoms with Crippen molar-refractivity contribution in [1.82, 2.24) is 0 Å². The molecule has 1 fully saturated rings. The molecule has 0 aliphatic carbocycles. The van der Waals surface area contributed by atoms with E-state index in [4.69, 9.17) is 0 Å². The SMILES string of the molecule is CCCCC=C[Si]1(C)CCCC1. The molecule has 1 aliphatic rings. The molecule has 0 saturated carbocycles. The Bertz CT molecular complexity index is 143. The van der Waals surface area contributed by atoms with Gasteiger partial charge in [-0.1, -0.05) is 63.0 Å². The van der Waals surface area contributed by atoms with Crippen molar-refractivity contribution in [3.63, 3.8) is 0 Å². The highest BCUT2D eigenvalue weighted by Crippen LogP contribution is 2.30. The normalized spacial score (nSPS) is 22.2. The van der Waals surface area contributed by atoms with Crippen LogP contribution in [0, 0.1) is 0 Å². The van der Waals surface area contributed by atoms with Gasteiger partial charge in [-0.2, -0.15) is 0 Å². The minimum absolute atomic E-state index is 0.817. The van der Waals surface area contributed by atoms with E-state index in [0.717, 1.165) is 0 Å². The Morgan fingerprint density at radius 2 is 1.92 bits per heavy atom. The Hall–Kier alpha value is -0.0431. The molecule has 0 amide bonds. The summed E-state index contributed by atoms with van der Waals surface area (Å²) in [6.07, 6.45) is 9.49. The van der Waals surface area contributed by atoms with Gasteiger partial charge in [0.25, 0.3) is 0 Å². The van der Waals surface area contributed by atoms with Gasteiger partial charge >= 0.3 is 0 Å². The fourth-order valence-electron chi connectivity index (χ4n) is 2.04. The van der Waals surface area contributed by atoms with Crippen molar-refractivity contribution < 1.29 is 0 Å². The summed E-state index contributed by atoms with van der Waals surface area (Å²) in [6.45, 7) is 4.81. The van der Waals surface area contributed by atoms with Crippen LogP contribution in [0.4, 0.5) is 0 Å². The third-order valence-electron chi connectivity index (χ3n) is 2.99. The van der Waals surface area contributed by atoms with Gasteiger partial charge in [0.1, 0.15) is 0 Å². The fraction of sp³-hybridized carbons (Fsp3) is 0.818. The Labute approximate surface area is 78.1 Å². The number of unbranched alkanes of at least 4 members (excludes halogenated alkanes) is 2. The molecule has 0 radical (unpaired) electrons. The van der Waals surface area contributed by atoms with Crippen molar-refractivity contribution in [2.75, 3.05) is 0 Å². The van der Waals surface area contributed by atoms with Crippen LogP contribution in [0.2, 0.25) is 18.6 Å². The van der Waals surface area contributed by atoms with E-state index in [-0.39, 0.29) is 0 Å². The molecule has 0 atom stereocenters. The van der Waals surface area contributed by atoms with Crippen LogP contribution >= 0.6 is 0 Å². The summed E-state index contributed by atoms with van der Waals surface area (Å²) < 4.78 is 0. The van der Waals surface area contributed by atoms with Crippen LogP contribution in [0.5, 0.6) is 0 Å². The van der Waals surface area contributed by atoms with E-state index in [2.05, 4.69) is 25.2 Å². The summed E-state index contributed by atoms with van der Waals surface area (Å²) >= 11 is 0. The summed E-state index contributed by atoms with van der Waals surface area (Å²) in [5, 5.41) is 0. The van der Waals surface area contributed by atoms with Gasteiger partial charge in [0, 0.05) is 0 Å². The maximum absolute atomic E-state index is 2.61. The Balaban J connectivity index is 2.23. The van der Waals surface area contributed by atoms with Crippen LogP contribution in [0.15, 0.2) is 11.8 Å². The molecule has 0 unspecified atom stereocenters. The third kappa shape index (κ3) is 3.14. The van der Waals surface area contributed by atoms with Crippen LogP contribution in [0.3, 0.4) is 0 Å². The van der Waals surface area contributed by atoms with Gasteiger partial charge in [0.05, 0.1) is 8.07 Å². The smallest absolute Gasteiger partial charge is 0.0743 e. The molecule has 70 valence electrons. The minimum atomic E-state index is -0.817. The predicted octanol–water partition coefficient (Wildman–Crippen LogP) is 4.14. The summed E-state index contributed by atoms with van der Waals surface area (Å²) in [6, 6.07) is 3.10. The van der Waals surface area contributed by atoms with Crippen molar-refractivity contribution in [2.24, 2.45) is 0 Å². The zero-order valence-electron chi connectivity index (χ0n) is 8.60. The van der Waals surface area contributed by atoms with Crippen LogP contribution < -0.4 is 0 Å². The lowest BCUT2D eigenvalue weighted by Crippen LogP contribution is -2.21. The molecule has 0 nitrogen and oxygen atoms in total. The van der Waals surface area contributed by atoms with Crippen molar-refractivity contribution in [1.29, 1.82) is 0 Å². The van der Waals surface area contributed by atoms with E-state index in [0.29, 0.717) is 0 Å². The number of hydrogen-bond donors (Lipinski definition) is 0. The molecule has 1 saturated heterocycles. The standard InChI is InChI=1S/C11H22Si/c1-3-4-5-6-9-12(2)10-7-8-11-12/h6,9H,3-5,7-8,10-11H2,1-2H3. The van der Waals surface area contributed by atoms with Crippen LogP contribution in [0.1, 0.15) is 39.0 Å². The molecule has 0 aromatic heterocycles. The first kappa shape index (κ1) is 10.0. The van der Waals surface area contributed by atoms with Crippen molar-refractivity contribution in [2.45, 2.75) is 57.7 Å². The second-order valence-electron chi connectivity index (χ2n) is 4.41. The molecule has 1 rings (SSSR count). The first-order valence-electron chi connectivity index (χ1n) is 5.44. The monoisotopic (exact) mass is 182 g/mol. The molecule has 0 spiro atoms. The maximum Gasteiger partial charge on any atom is 0.0743 e. The molecule has 12 heavy (non-hydrogen) atoms. The maximum atomic E-state index is 2.61. The largest absolute Gasteiger partial charge is 0.0984 e. The Morgan fingerprint density at radius 1 is 1.25 bits per heavy atom. The highest BCUT2D eigenvalue weighted by atomic mass is 28.3. The first-order valence-corrected chi connectivity index (χ1v) is 8.44. The van der Waals surface area contributed by atoms with E-state index in [1.54, 1.807) is 12.1 Å². The fourth-order valence-corrected chi connectivity index (χ4v) is 5.47. The van der Waals surface area contributed by atoms with Crippen molar-refractivity contribution in [3.05, 3.63) is 11.8 Å². The lowest BCUT2D eigenvalue weighted by molar-refractivity contribution is 0.815. The topological polar surface area (TPSA) is 0 Å². The molecule has 0 aromatic carbocycles. The Morgan fingerprint density at radius 3 is 2.50 bits per heavy atom. The van der Waals surface area contributed by atoms with Gasteiger partial charge in [0.15, 0.2) is 0 Å². The quantitative estimate of drug-likeness (QED) is 0.453. The lowest BCUT2D eigenvalue weighted by atomic mass is 10.2. The van der Waals surface area contributed by atoms with Crippen LogP contribution in [0.25, 0.3) is 0 Å². The minimum Gasteiger partial charge on any atom is -0.0984 e. The predicted molar refractivity (Wildman–Crippen MR) is 59.1 cm³/mol. The second-order valence-corrected chi connectivity index (χ2v) is 9.05. The van der Waals surface area contributed by atoms with Crippen LogP contribution in [-0.2, 0) is 0 Å². The molecule has 1 heterocycles. The van der Waals surface area contributed by atoms with Crippen LogP contribution in [-0.4, -0.2) is 8.07 Å². The van der Waals surface area contributed by atoms with Crippen molar-refractivity contribution in [3.8, 4) is 0 Å². The number of rotatable bonds is 4. The molecule has 1 heteroatoms. The van der Waals surface area contributed by atoms with Gasteiger partial charge in [0.2, 0.25) is 0 Å². The summed E-state index contributed by atoms with van der Waals surface area (Å²) in [7, 11) is -0.817. The van der Waals surface area contributed by atoms with Gasteiger partial charge in [-0.3, -0.25) is 0 Å². The van der Waals surface area contributed by atoms with Gasteiger partial charge < -0.3 is 0 Å². The van der Waals surface area contributed by atoms with Gasteiger partial charge in [-0.15, -0.1) is 0 Å². The van der Waals surface area contributed by atoms with E-state index in [9.17, 15) is 0 Å². The van der Waals surface area contributed by atoms with Gasteiger partial charge in [-0.05, 0) is 6.42 Å². The molecule has 0 bridgehead atoms. The average Bonchev–Trinajstić information content (AvgIpc) is 2.47. The van der Waals surface area contributed by atoms with E-state index >= 15 is 0 Å². The van der Waals surface area contributed by atoms with E-state index < -0.39 is 8.07 Å². The Kier molecular flexibility index (Phi) is 4.06. The second kappa shape index (κ2) is 4.86. The van der Waals surface area contributed by atoms with Crippen molar-refractivity contribution >= 4 is 8.07 Å². The molecule has 0 aromatic rings. The summed E-state index contributed by atoms with van der Waals surface area (Å²) in [5.41, 5.74) is 2.61. The van der Waals surface area contributed by atoms with E-state index in [1.165, 1.54) is 32.1 Å². The lowest BCUT2D eigenvalue weighted by Gasteiger charge is -2.14. The number of hydrogen-bond acceptors (Lipinski definition) is 0. The zero-order chi connectivity index (χ0) is 8.86. The van der Waals surface area contributed by atoms with E-state index in [1.807, 2.05) is 0 Å².